The van der Waals surface area contributed by atoms with Crippen LogP contribution in [0.5, 0.6) is 23.0 Å². The molecule has 0 saturated carbocycles. The van der Waals surface area contributed by atoms with Gasteiger partial charge in [-0.3, -0.25) is 14.9 Å². The van der Waals surface area contributed by atoms with Gasteiger partial charge in [0.05, 0.1) is 38.9 Å². The van der Waals surface area contributed by atoms with Gasteiger partial charge in [-0.25, -0.2) is 0 Å². The first-order chi connectivity index (χ1) is 12.4. The summed E-state index contributed by atoms with van der Waals surface area (Å²) in [6, 6.07) is 5.93. The number of nitro groups is 1. The number of hydrogen-bond donors (Lipinski definition) is 0. The Kier molecular flexibility index (Phi) is 5.66. The van der Waals surface area contributed by atoms with Gasteiger partial charge in [-0.1, -0.05) is 0 Å². The predicted molar refractivity (Wildman–Crippen MR) is 93.9 cm³/mol. The highest BCUT2D eigenvalue weighted by molar-refractivity contribution is 6.15. The fourth-order valence-electron chi connectivity index (χ4n) is 2.65. The molecule has 0 heterocycles. The molecule has 2 aromatic carbocycles. The number of methoxy groups -OCH3 is 4. The number of ether oxygens (including phenoxy) is 4. The number of rotatable bonds is 7. The molecule has 0 amide bonds. The lowest BCUT2D eigenvalue weighted by Crippen LogP contribution is -2.11. The molecule has 2 aromatic rings. The Labute approximate surface area is 150 Å². The zero-order valence-corrected chi connectivity index (χ0v) is 15.1. The molecule has 0 N–H and O–H groups in total. The van der Waals surface area contributed by atoms with Crippen molar-refractivity contribution < 1.29 is 28.7 Å². The fourth-order valence-corrected chi connectivity index (χ4v) is 2.65. The van der Waals surface area contributed by atoms with Crippen molar-refractivity contribution in [1.82, 2.24) is 0 Å². The van der Waals surface area contributed by atoms with Crippen LogP contribution in [0.25, 0.3) is 0 Å². The van der Waals surface area contributed by atoms with Crippen LogP contribution in [0.4, 0.5) is 5.69 Å². The van der Waals surface area contributed by atoms with Gasteiger partial charge in [0.2, 0.25) is 5.78 Å². The smallest absolute Gasteiger partial charge is 0.325 e. The van der Waals surface area contributed by atoms with Gasteiger partial charge in [0, 0.05) is 0 Å². The highest BCUT2D eigenvalue weighted by atomic mass is 16.6. The lowest BCUT2D eigenvalue weighted by Gasteiger charge is -2.15. The van der Waals surface area contributed by atoms with Crippen molar-refractivity contribution >= 4 is 11.5 Å². The highest BCUT2D eigenvalue weighted by Gasteiger charge is 2.32. The summed E-state index contributed by atoms with van der Waals surface area (Å²) in [6.45, 7) is 1.80. The molecule has 0 bridgehead atoms. The summed E-state index contributed by atoms with van der Waals surface area (Å²) in [4.78, 5) is 24.1. The Balaban J connectivity index is 2.80. The number of aryl methyl sites for hydroxylation is 1. The summed E-state index contributed by atoms with van der Waals surface area (Å²) in [7, 11) is 5.50. The van der Waals surface area contributed by atoms with Crippen LogP contribution in [0.2, 0.25) is 0 Å². The standard InChI is InChI=1S/C18H19NO7/c1-10-8-15(26-5)11(9-14(10)25-4)18(20)16-12(23-2)6-7-13(24-3)17(16)19(21)22/h6-9H,1-5H3. The third kappa shape index (κ3) is 3.26. The van der Waals surface area contributed by atoms with Gasteiger partial charge in [-0.2, -0.15) is 0 Å². The molecule has 0 radical (unpaired) electrons. The van der Waals surface area contributed by atoms with E-state index in [1.807, 2.05) is 0 Å². The van der Waals surface area contributed by atoms with E-state index in [0.717, 1.165) is 5.56 Å². The van der Waals surface area contributed by atoms with E-state index in [1.165, 1.54) is 46.6 Å². The molecule has 26 heavy (non-hydrogen) atoms. The molecule has 8 nitrogen and oxygen atoms in total. The maximum atomic E-state index is 13.2. The first-order valence-electron chi connectivity index (χ1n) is 7.56. The van der Waals surface area contributed by atoms with E-state index < -0.39 is 16.4 Å². The first-order valence-corrected chi connectivity index (χ1v) is 7.56. The average Bonchev–Trinajstić information content (AvgIpc) is 2.65. The maximum Gasteiger partial charge on any atom is 0.325 e. The Morgan fingerprint density at radius 2 is 1.42 bits per heavy atom. The summed E-state index contributed by atoms with van der Waals surface area (Å²) in [6.07, 6.45) is 0. The van der Waals surface area contributed by atoms with Crippen LogP contribution >= 0.6 is 0 Å². The Morgan fingerprint density at radius 1 is 0.885 bits per heavy atom. The quantitative estimate of drug-likeness (QED) is 0.424. The summed E-state index contributed by atoms with van der Waals surface area (Å²) < 4.78 is 20.8. The highest BCUT2D eigenvalue weighted by Crippen LogP contribution is 2.40. The van der Waals surface area contributed by atoms with Crippen LogP contribution in [0.1, 0.15) is 21.5 Å². The molecule has 0 saturated heterocycles. The van der Waals surface area contributed by atoms with E-state index in [-0.39, 0.29) is 28.4 Å². The maximum absolute atomic E-state index is 13.2. The van der Waals surface area contributed by atoms with Crippen molar-refractivity contribution in [1.29, 1.82) is 0 Å². The summed E-state index contributed by atoms with van der Waals surface area (Å²) in [5.74, 6) is 0.107. The molecule has 0 aliphatic carbocycles. The normalized spacial score (nSPS) is 10.2. The predicted octanol–water partition coefficient (Wildman–Crippen LogP) is 3.17. The summed E-state index contributed by atoms with van der Waals surface area (Å²) in [5.41, 5.74) is 0.178. The molecule has 0 unspecified atom stereocenters. The molecule has 138 valence electrons. The van der Waals surface area contributed by atoms with Crippen LogP contribution in [0.3, 0.4) is 0 Å². The van der Waals surface area contributed by atoms with Crippen LogP contribution < -0.4 is 18.9 Å². The molecule has 0 aliphatic rings. The zero-order valence-electron chi connectivity index (χ0n) is 15.1. The SMILES string of the molecule is COc1cc(C(=O)c2c(OC)ccc(OC)c2[N+](=O)[O-])c(OC)cc1C. The van der Waals surface area contributed by atoms with E-state index in [9.17, 15) is 14.9 Å². The van der Waals surface area contributed by atoms with Gasteiger partial charge >= 0.3 is 5.69 Å². The number of ketones is 1. The van der Waals surface area contributed by atoms with Crippen molar-refractivity contribution in [2.75, 3.05) is 28.4 Å². The molecule has 0 aliphatic heterocycles. The van der Waals surface area contributed by atoms with Crippen molar-refractivity contribution in [2.24, 2.45) is 0 Å². The lowest BCUT2D eigenvalue weighted by atomic mass is 9.97. The Hall–Kier alpha value is -3.29. The van der Waals surface area contributed by atoms with E-state index >= 15 is 0 Å². The van der Waals surface area contributed by atoms with Crippen LogP contribution in [-0.2, 0) is 0 Å². The van der Waals surface area contributed by atoms with E-state index in [0.29, 0.717) is 5.75 Å². The van der Waals surface area contributed by atoms with Gasteiger partial charge in [0.25, 0.3) is 0 Å². The van der Waals surface area contributed by atoms with Gasteiger partial charge in [0.1, 0.15) is 22.8 Å². The number of carbonyl (C=O) groups excluding carboxylic acids is 1. The molecule has 0 fully saturated rings. The van der Waals surface area contributed by atoms with Crippen molar-refractivity contribution in [3.8, 4) is 23.0 Å². The molecule has 2 rings (SSSR count). The van der Waals surface area contributed by atoms with Crippen LogP contribution in [-0.4, -0.2) is 39.1 Å². The summed E-state index contributed by atoms with van der Waals surface area (Å²) >= 11 is 0. The molecule has 0 aromatic heterocycles. The molecule has 0 spiro atoms. The van der Waals surface area contributed by atoms with E-state index in [2.05, 4.69) is 0 Å². The lowest BCUT2D eigenvalue weighted by molar-refractivity contribution is -0.386. The number of hydrogen-bond acceptors (Lipinski definition) is 7. The minimum atomic E-state index is -0.674. The van der Waals surface area contributed by atoms with Crippen LogP contribution in [0, 0.1) is 17.0 Å². The minimum absolute atomic E-state index is 0.0443. The van der Waals surface area contributed by atoms with Gasteiger partial charge in [-0.15, -0.1) is 0 Å². The van der Waals surface area contributed by atoms with Crippen LogP contribution in [0.15, 0.2) is 24.3 Å². The zero-order chi connectivity index (χ0) is 19.4. The fraction of sp³-hybridized carbons (Fsp3) is 0.278. The minimum Gasteiger partial charge on any atom is -0.496 e. The van der Waals surface area contributed by atoms with E-state index in [1.54, 1.807) is 13.0 Å². The van der Waals surface area contributed by atoms with Gasteiger partial charge < -0.3 is 18.9 Å². The average molecular weight is 361 g/mol. The Bertz CT molecular complexity index is 861. The molecular formula is C18H19NO7. The van der Waals surface area contributed by atoms with Gasteiger partial charge in [-0.05, 0) is 36.8 Å². The van der Waals surface area contributed by atoms with Gasteiger partial charge in [0.15, 0.2) is 5.75 Å². The Morgan fingerprint density at radius 3 is 1.92 bits per heavy atom. The van der Waals surface area contributed by atoms with E-state index in [4.69, 9.17) is 18.9 Å². The second-order valence-corrected chi connectivity index (χ2v) is 5.30. The van der Waals surface area contributed by atoms with Crippen molar-refractivity contribution in [3.63, 3.8) is 0 Å². The molecule has 8 heteroatoms. The number of nitro benzene ring substituents is 1. The third-order valence-corrected chi connectivity index (χ3v) is 3.91. The third-order valence-electron chi connectivity index (χ3n) is 3.91. The second kappa shape index (κ2) is 7.73. The second-order valence-electron chi connectivity index (χ2n) is 5.30. The molecular weight excluding hydrogens is 342 g/mol. The monoisotopic (exact) mass is 361 g/mol. The largest absolute Gasteiger partial charge is 0.496 e. The van der Waals surface area contributed by atoms with Crippen molar-refractivity contribution in [2.45, 2.75) is 6.92 Å². The topological polar surface area (TPSA) is 97.1 Å². The molecule has 0 atom stereocenters. The number of carbonyl (C=O) groups is 1. The number of benzene rings is 2. The number of nitrogens with zero attached hydrogens (tertiary/aromatic N) is 1. The summed E-state index contributed by atoms with van der Waals surface area (Å²) in [5, 5.41) is 11.6. The first kappa shape index (κ1) is 19.0. The van der Waals surface area contributed by atoms with Crippen molar-refractivity contribution in [3.05, 3.63) is 51.1 Å².